The Morgan fingerprint density at radius 3 is 1.76 bits per heavy atom. The van der Waals surface area contributed by atoms with Crippen molar-refractivity contribution in [3.63, 3.8) is 0 Å². The van der Waals surface area contributed by atoms with E-state index in [1.165, 1.54) is 38.9 Å². The van der Waals surface area contributed by atoms with Crippen LogP contribution < -0.4 is 14.4 Å². The first-order chi connectivity index (χ1) is 22.8. The van der Waals surface area contributed by atoms with Crippen molar-refractivity contribution in [2.75, 3.05) is 4.90 Å². The minimum absolute atomic E-state index is 0.442. The summed E-state index contributed by atoms with van der Waals surface area (Å²) >= 11 is 0. The molecule has 3 nitrogen and oxygen atoms in total. The van der Waals surface area contributed by atoms with Gasteiger partial charge in [-0.05, 0) is 80.9 Å². The van der Waals surface area contributed by atoms with E-state index < -0.39 is 5.41 Å². The summed E-state index contributed by atoms with van der Waals surface area (Å²) in [5, 5.41) is 0. The zero-order valence-electron chi connectivity index (χ0n) is 24.9. The number of rotatable bonds is 3. The minimum Gasteiger partial charge on any atom is -0.453 e. The second-order valence-corrected chi connectivity index (χ2v) is 12.0. The van der Waals surface area contributed by atoms with E-state index >= 15 is 0 Å². The van der Waals surface area contributed by atoms with Crippen LogP contribution in [-0.4, -0.2) is 0 Å². The van der Waals surface area contributed by atoms with Crippen LogP contribution in [0.4, 0.5) is 17.1 Å². The van der Waals surface area contributed by atoms with Crippen molar-refractivity contribution in [2.45, 2.75) is 5.41 Å². The summed E-state index contributed by atoms with van der Waals surface area (Å²) in [5.74, 6) is 3.23. The van der Waals surface area contributed by atoms with Crippen LogP contribution in [0.3, 0.4) is 0 Å². The maximum atomic E-state index is 6.65. The van der Waals surface area contributed by atoms with Gasteiger partial charge >= 0.3 is 0 Å². The Kier molecular flexibility index (Phi) is 5.20. The molecular formula is C43H27NO2. The molecule has 0 amide bonds. The molecule has 3 aliphatic rings. The second-order valence-electron chi connectivity index (χ2n) is 12.0. The maximum absolute atomic E-state index is 6.65. The standard InChI is InChI=1S/C43H27NO2/c1-3-13-29(14-4-1)43(30-15-5-2-6-16-30)33-19-8-7-17-32(33)41-31(18-11-20-34(41)43)28-25-26-36-40(27-28)46-39-24-12-23-38-42(39)44(36)35-21-9-10-22-37(35)45-38/h1-27H. The second kappa shape index (κ2) is 9.47. The summed E-state index contributed by atoms with van der Waals surface area (Å²) in [6.07, 6.45) is 0. The van der Waals surface area contributed by atoms with Gasteiger partial charge in [0.05, 0.1) is 16.8 Å². The quantitative estimate of drug-likeness (QED) is 0.205. The summed E-state index contributed by atoms with van der Waals surface area (Å²) in [7, 11) is 0. The Morgan fingerprint density at radius 2 is 0.978 bits per heavy atom. The molecule has 7 aromatic carbocycles. The van der Waals surface area contributed by atoms with Gasteiger partial charge in [-0.1, -0.05) is 127 Å². The Morgan fingerprint density at radius 1 is 0.413 bits per heavy atom. The molecule has 2 aliphatic heterocycles. The lowest BCUT2D eigenvalue weighted by Crippen LogP contribution is -2.28. The van der Waals surface area contributed by atoms with Crippen molar-refractivity contribution in [2.24, 2.45) is 0 Å². The zero-order valence-corrected chi connectivity index (χ0v) is 24.9. The van der Waals surface area contributed by atoms with Crippen LogP contribution in [0, 0.1) is 0 Å². The third-order valence-electron chi connectivity index (χ3n) is 9.73. The lowest BCUT2D eigenvalue weighted by Gasteiger charge is -2.37. The lowest BCUT2D eigenvalue weighted by atomic mass is 9.67. The van der Waals surface area contributed by atoms with E-state index in [0.717, 1.165) is 45.6 Å². The van der Waals surface area contributed by atoms with E-state index in [-0.39, 0.29) is 0 Å². The smallest absolute Gasteiger partial charge is 0.155 e. The SMILES string of the molecule is c1ccc(C2(c3ccccc3)c3ccccc3-c3c(-c4ccc5c(c4)Oc4cccc6c4N5c4ccccc4O6)cccc32)cc1. The summed E-state index contributed by atoms with van der Waals surface area (Å²) in [5.41, 5.74) is 12.4. The number of hydrogen-bond acceptors (Lipinski definition) is 3. The van der Waals surface area contributed by atoms with E-state index in [0.29, 0.717) is 0 Å². The molecule has 7 aromatic rings. The predicted molar refractivity (Wildman–Crippen MR) is 184 cm³/mol. The van der Waals surface area contributed by atoms with Crippen molar-refractivity contribution in [1.29, 1.82) is 0 Å². The number of nitrogens with zero attached hydrogens (tertiary/aromatic N) is 1. The number of fused-ring (bicyclic) bond motifs is 7. The van der Waals surface area contributed by atoms with Crippen LogP contribution >= 0.6 is 0 Å². The average molecular weight is 590 g/mol. The molecule has 0 saturated heterocycles. The molecular weight excluding hydrogens is 562 g/mol. The Hall–Kier alpha value is -6.06. The van der Waals surface area contributed by atoms with Crippen LogP contribution in [0.5, 0.6) is 23.0 Å². The molecule has 0 radical (unpaired) electrons. The van der Waals surface area contributed by atoms with E-state index in [9.17, 15) is 0 Å². The fourth-order valence-corrected chi connectivity index (χ4v) is 7.90. The Labute approximate surface area is 267 Å². The van der Waals surface area contributed by atoms with Gasteiger partial charge in [-0.25, -0.2) is 0 Å². The van der Waals surface area contributed by atoms with Gasteiger partial charge < -0.3 is 9.47 Å². The number of anilines is 3. The van der Waals surface area contributed by atoms with Gasteiger partial charge in [-0.2, -0.15) is 0 Å². The molecule has 0 spiro atoms. The molecule has 0 unspecified atom stereocenters. The molecule has 0 atom stereocenters. The third-order valence-corrected chi connectivity index (χ3v) is 9.73. The first-order valence-electron chi connectivity index (χ1n) is 15.7. The highest BCUT2D eigenvalue weighted by atomic mass is 16.5. The fourth-order valence-electron chi connectivity index (χ4n) is 7.90. The van der Waals surface area contributed by atoms with Crippen LogP contribution in [0.15, 0.2) is 164 Å². The molecule has 46 heavy (non-hydrogen) atoms. The summed E-state index contributed by atoms with van der Waals surface area (Å²) < 4.78 is 12.9. The van der Waals surface area contributed by atoms with Gasteiger partial charge in [-0.15, -0.1) is 0 Å². The van der Waals surface area contributed by atoms with Crippen LogP contribution in [0.1, 0.15) is 22.3 Å². The van der Waals surface area contributed by atoms with Gasteiger partial charge in [0.15, 0.2) is 23.0 Å². The van der Waals surface area contributed by atoms with Gasteiger partial charge in [0, 0.05) is 0 Å². The Balaban J connectivity index is 1.21. The highest BCUT2D eigenvalue weighted by Crippen LogP contribution is 2.61. The average Bonchev–Trinajstić information content (AvgIpc) is 3.43. The molecule has 2 heterocycles. The van der Waals surface area contributed by atoms with Crippen LogP contribution in [0.2, 0.25) is 0 Å². The number of benzene rings is 7. The van der Waals surface area contributed by atoms with E-state index in [1.54, 1.807) is 0 Å². The molecule has 3 heteroatoms. The first-order valence-corrected chi connectivity index (χ1v) is 15.7. The monoisotopic (exact) mass is 589 g/mol. The molecule has 216 valence electrons. The first kappa shape index (κ1) is 25.3. The summed E-state index contributed by atoms with van der Waals surface area (Å²) in [6.45, 7) is 0. The maximum Gasteiger partial charge on any atom is 0.155 e. The molecule has 0 N–H and O–H groups in total. The summed E-state index contributed by atoms with van der Waals surface area (Å²) in [6, 6.07) is 58.4. The van der Waals surface area contributed by atoms with Crippen molar-refractivity contribution in [1.82, 2.24) is 0 Å². The van der Waals surface area contributed by atoms with Gasteiger partial charge in [0.1, 0.15) is 5.69 Å². The summed E-state index contributed by atoms with van der Waals surface area (Å²) in [4.78, 5) is 2.27. The lowest BCUT2D eigenvalue weighted by molar-refractivity contribution is 0.446. The van der Waals surface area contributed by atoms with Gasteiger partial charge in [-0.3, -0.25) is 4.90 Å². The van der Waals surface area contributed by atoms with Crippen molar-refractivity contribution in [3.05, 3.63) is 186 Å². The van der Waals surface area contributed by atoms with Crippen LogP contribution in [0.25, 0.3) is 22.3 Å². The van der Waals surface area contributed by atoms with Crippen molar-refractivity contribution < 1.29 is 9.47 Å². The predicted octanol–water partition coefficient (Wildman–Crippen LogP) is 11.4. The molecule has 0 bridgehead atoms. The van der Waals surface area contributed by atoms with Crippen LogP contribution in [-0.2, 0) is 5.41 Å². The van der Waals surface area contributed by atoms with Gasteiger partial charge in [0.2, 0.25) is 0 Å². The highest BCUT2D eigenvalue weighted by Gasteiger charge is 2.46. The topological polar surface area (TPSA) is 21.7 Å². The molecule has 10 rings (SSSR count). The molecule has 0 aromatic heterocycles. The largest absolute Gasteiger partial charge is 0.453 e. The fraction of sp³-hybridized carbons (Fsp3) is 0.0233. The molecule has 1 aliphatic carbocycles. The molecule has 0 fully saturated rings. The number of hydrogen-bond donors (Lipinski definition) is 0. The zero-order chi connectivity index (χ0) is 30.2. The minimum atomic E-state index is -0.442. The highest BCUT2D eigenvalue weighted by molar-refractivity contribution is 5.98. The van der Waals surface area contributed by atoms with Crippen molar-refractivity contribution >= 4 is 17.1 Å². The van der Waals surface area contributed by atoms with E-state index in [2.05, 4.69) is 138 Å². The third kappa shape index (κ3) is 3.32. The van der Waals surface area contributed by atoms with E-state index in [4.69, 9.17) is 9.47 Å². The van der Waals surface area contributed by atoms with E-state index in [1.807, 2.05) is 30.3 Å². The Bertz CT molecular complexity index is 2290. The molecule has 0 saturated carbocycles. The number of ether oxygens (including phenoxy) is 2. The normalized spacial score (nSPS) is 14.1. The number of para-hydroxylation sites is 3. The van der Waals surface area contributed by atoms with Crippen molar-refractivity contribution in [3.8, 4) is 45.3 Å². The van der Waals surface area contributed by atoms with Gasteiger partial charge in [0.25, 0.3) is 0 Å².